The van der Waals surface area contributed by atoms with Crippen LogP contribution in [-0.4, -0.2) is 19.5 Å². The molecule has 4 heterocycles. The zero-order valence-corrected chi connectivity index (χ0v) is 22.2. The molecule has 5 aromatic rings. The highest BCUT2D eigenvalue weighted by molar-refractivity contribution is 7.14. The molecule has 0 N–H and O–H groups in total. The number of nitriles is 1. The van der Waals surface area contributed by atoms with E-state index in [9.17, 15) is 10.1 Å². The van der Waals surface area contributed by atoms with Gasteiger partial charge in [-0.2, -0.15) is 5.26 Å². The number of thiazole rings is 1. The van der Waals surface area contributed by atoms with Crippen molar-refractivity contribution >= 4 is 45.4 Å². The maximum Gasteiger partial charge on any atom is 0.268 e. The topological polar surface area (TPSA) is 93.7 Å². The lowest BCUT2D eigenvalue weighted by molar-refractivity contribution is 0.307. The summed E-state index contributed by atoms with van der Waals surface area (Å²) in [5.74, 6) is 0.569. The van der Waals surface area contributed by atoms with E-state index in [4.69, 9.17) is 32.9 Å². The Labute approximate surface area is 226 Å². The molecule has 0 bridgehead atoms. The van der Waals surface area contributed by atoms with Gasteiger partial charge in [0.1, 0.15) is 39.5 Å². The Hall–Kier alpha value is -3.77. The summed E-state index contributed by atoms with van der Waals surface area (Å²) in [6, 6.07) is 14.5. The van der Waals surface area contributed by atoms with Crippen LogP contribution in [0.25, 0.3) is 22.2 Å². The number of pyridine rings is 3. The van der Waals surface area contributed by atoms with E-state index in [-0.39, 0.29) is 18.7 Å². The van der Waals surface area contributed by atoms with Crippen molar-refractivity contribution in [3.63, 3.8) is 0 Å². The van der Waals surface area contributed by atoms with Gasteiger partial charge in [-0.05, 0) is 44.2 Å². The van der Waals surface area contributed by atoms with Crippen molar-refractivity contribution in [3.05, 3.63) is 102 Å². The van der Waals surface area contributed by atoms with E-state index >= 15 is 0 Å². The first-order valence-corrected chi connectivity index (χ1v) is 12.9. The van der Waals surface area contributed by atoms with Crippen molar-refractivity contribution < 1.29 is 4.74 Å². The minimum atomic E-state index is -0.391. The predicted octanol–water partition coefficient (Wildman–Crippen LogP) is 6.34. The third kappa shape index (κ3) is 4.94. The molecule has 4 aromatic heterocycles. The molecule has 0 fully saturated rings. The quantitative estimate of drug-likeness (QED) is 0.246. The zero-order chi connectivity index (χ0) is 26.1. The molecule has 0 amide bonds. The van der Waals surface area contributed by atoms with Gasteiger partial charge in [-0.3, -0.25) is 9.78 Å². The highest BCUT2D eigenvalue weighted by Gasteiger charge is 2.17. The predicted molar refractivity (Wildman–Crippen MR) is 145 cm³/mol. The van der Waals surface area contributed by atoms with Crippen molar-refractivity contribution in [2.24, 2.45) is 0 Å². The van der Waals surface area contributed by atoms with Gasteiger partial charge in [-0.15, -0.1) is 11.3 Å². The molecular weight excluding hydrogens is 529 g/mol. The fraction of sp³-hybridized carbons (Fsp3) is 0.148. The van der Waals surface area contributed by atoms with Crippen LogP contribution in [-0.2, 0) is 13.2 Å². The summed E-state index contributed by atoms with van der Waals surface area (Å²) in [7, 11) is 0. The summed E-state index contributed by atoms with van der Waals surface area (Å²) in [6.45, 7) is 3.99. The van der Waals surface area contributed by atoms with Crippen molar-refractivity contribution in [2.45, 2.75) is 27.0 Å². The number of rotatable bonds is 6. The molecule has 0 radical (unpaired) electrons. The molecular formula is C27H19Cl2N5O2S. The molecule has 0 spiro atoms. The summed E-state index contributed by atoms with van der Waals surface area (Å²) in [5, 5.41) is 10.6. The van der Waals surface area contributed by atoms with Crippen molar-refractivity contribution in [2.75, 3.05) is 0 Å². The number of halogens is 2. The van der Waals surface area contributed by atoms with Crippen LogP contribution in [0.1, 0.15) is 28.2 Å². The molecule has 184 valence electrons. The maximum absolute atomic E-state index is 12.6. The number of ether oxygens (including phenoxy) is 1. The maximum atomic E-state index is 12.6. The van der Waals surface area contributed by atoms with Crippen LogP contribution in [0.4, 0.5) is 0 Å². The average molecular weight is 548 g/mol. The number of fused-ring (bicyclic) bond motifs is 1. The summed E-state index contributed by atoms with van der Waals surface area (Å²) in [6.07, 6.45) is 1.62. The standard InChI is InChI=1S/C27H19Cl2N5O2S/c1-15-9-19(25-26(29)37-14-31-25)18-6-3-7-23(24(18)33-15)36-13-20-21(28)10-16(2)32-22(20)12-34-8-4-5-17(11-30)27(34)35/h3-10,14H,12-13H2,1-2H3. The van der Waals surface area contributed by atoms with Gasteiger partial charge < -0.3 is 9.30 Å². The Balaban J connectivity index is 1.53. The first-order chi connectivity index (χ1) is 17.9. The van der Waals surface area contributed by atoms with Crippen LogP contribution < -0.4 is 10.3 Å². The number of aryl methyl sites for hydroxylation is 2. The molecule has 0 unspecified atom stereocenters. The van der Waals surface area contributed by atoms with E-state index < -0.39 is 5.56 Å². The van der Waals surface area contributed by atoms with Crippen LogP contribution in [0.2, 0.25) is 9.36 Å². The van der Waals surface area contributed by atoms with E-state index in [0.717, 1.165) is 16.6 Å². The van der Waals surface area contributed by atoms with Gasteiger partial charge in [-0.25, -0.2) is 9.97 Å². The summed E-state index contributed by atoms with van der Waals surface area (Å²) >= 11 is 14.4. The minimum Gasteiger partial charge on any atom is -0.486 e. The van der Waals surface area contributed by atoms with Crippen molar-refractivity contribution in [3.8, 4) is 23.1 Å². The Morgan fingerprint density at radius 2 is 1.92 bits per heavy atom. The molecule has 0 saturated heterocycles. The third-order valence-electron chi connectivity index (χ3n) is 5.83. The Kier molecular flexibility index (Phi) is 6.94. The zero-order valence-electron chi connectivity index (χ0n) is 19.8. The monoisotopic (exact) mass is 547 g/mol. The second-order valence-electron chi connectivity index (χ2n) is 8.36. The summed E-state index contributed by atoms with van der Waals surface area (Å²) < 4.78 is 8.30. The SMILES string of the molecule is Cc1cc(Cl)c(COc2cccc3c(-c4ncsc4Cl)cc(C)nc23)c(Cn2cccc(C#N)c2=O)n1. The van der Waals surface area contributed by atoms with E-state index in [2.05, 4.69) is 9.97 Å². The van der Waals surface area contributed by atoms with Gasteiger partial charge in [0.05, 0.1) is 22.8 Å². The molecule has 37 heavy (non-hydrogen) atoms. The van der Waals surface area contributed by atoms with E-state index in [1.165, 1.54) is 22.0 Å². The molecule has 0 aliphatic carbocycles. The molecule has 0 atom stereocenters. The summed E-state index contributed by atoms with van der Waals surface area (Å²) in [4.78, 5) is 26.4. The lowest BCUT2D eigenvalue weighted by atomic mass is 10.0. The Morgan fingerprint density at radius 3 is 2.68 bits per heavy atom. The lowest BCUT2D eigenvalue weighted by Gasteiger charge is -2.16. The number of hydrogen-bond acceptors (Lipinski definition) is 7. The molecule has 0 saturated carbocycles. The van der Waals surface area contributed by atoms with Crippen LogP contribution in [0.5, 0.6) is 5.75 Å². The lowest BCUT2D eigenvalue weighted by Crippen LogP contribution is -2.23. The first kappa shape index (κ1) is 24.9. The van der Waals surface area contributed by atoms with Gasteiger partial charge >= 0.3 is 0 Å². The second kappa shape index (κ2) is 10.3. The van der Waals surface area contributed by atoms with Crippen LogP contribution in [0.15, 0.2) is 59.0 Å². The normalized spacial score (nSPS) is 11.0. The minimum absolute atomic E-state index is 0.0623. The van der Waals surface area contributed by atoms with Crippen LogP contribution in [0, 0.1) is 25.2 Å². The van der Waals surface area contributed by atoms with Crippen LogP contribution >= 0.6 is 34.5 Å². The molecule has 0 aliphatic heterocycles. The number of hydrogen-bond donors (Lipinski definition) is 0. The number of para-hydroxylation sites is 1. The number of nitrogens with zero attached hydrogens (tertiary/aromatic N) is 5. The summed E-state index contributed by atoms with van der Waals surface area (Å²) in [5.41, 5.74) is 6.39. The second-order valence-corrected chi connectivity index (χ2v) is 10.2. The van der Waals surface area contributed by atoms with Gasteiger partial charge in [0.25, 0.3) is 5.56 Å². The number of aromatic nitrogens is 4. The van der Waals surface area contributed by atoms with Gasteiger partial charge in [0.2, 0.25) is 0 Å². The number of benzene rings is 1. The molecule has 5 rings (SSSR count). The average Bonchev–Trinajstić information content (AvgIpc) is 3.30. The van der Waals surface area contributed by atoms with Crippen molar-refractivity contribution in [1.82, 2.24) is 19.5 Å². The third-order valence-corrected chi connectivity index (χ3v) is 7.22. The van der Waals surface area contributed by atoms with E-state index in [0.29, 0.717) is 43.3 Å². The van der Waals surface area contributed by atoms with Gasteiger partial charge in [-0.1, -0.05) is 35.3 Å². The fourth-order valence-corrected chi connectivity index (χ4v) is 5.25. The fourth-order valence-electron chi connectivity index (χ4n) is 4.13. The molecule has 1 aromatic carbocycles. The smallest absolute Gasteiger partial charge is 0.268 e. The molecule has 7 nitrogen and oxygen atoms in total. The van der Waals surface area contributed by atoms with E-state index in [1.54, 1.807) is 23.8 Å². The largest absolute Gasteiger partial charge is 0.486 e. The van der Waals surface area contributed by atoms with Gasteiger partial charge in [0.15, 0.2) is 0 Å². The van der Waals surface area contributed by atoms with Gasteiger partial charge in [0, 0.05) is 34.1 Å². The van der Waals surface area contributed by atoms with Crippen LogP contribution in [0.3, 0.4) is 0 Å². The first-order valence-electron chi connectivity index (χ1n) is 11.2. The highest BCUT2D eigenvalue weighted by Crippen LogP contribution is 2.37. The van der Waals surface area contributed by atoms with E-state index in [1.807, 2.05) is 44.2 Å². The van der Waals surface area contributed by atoms with Crippen molar-refractivity contribution in [1.29, 1.82) is 5.26 Å². The highest BCUT2D eigenvalue weighted by atomic mass is 35.5. The Morgan fingerprint density at radius 1 is 1.11 bits per heavy atom. The molecule has 0 aliphatic rings. The molecule has 10 heteroatoms. The Bertz CT molecular complexity index is 1760.